The van der Waals surface area contributed by atoms with Crippen LogP contribution in [0.3, 0.4) is 0 Å². The third-order valence-electron chi connectivity index (χ3n) is 1.12. The number of amides is 1. The largest absolute Gasteiger partial charge is 0.351 e. The standard InChI is InChI=1S/C7H13NO2S/c1-5(2)7(9)8-4-6(3)11-10/h6,10H,1,4H2,2-3H3,(H,8,9). The van der Waals surface area contributed by atoms with Crippen LogP contribution in [0.5, 0.6) is 0 Å². The number of carbonyl (C=O) groups excluding carboxylic acids is 1. The van der Waals surface area contributed by atoms with Crippen LogP contribution in [-0.2, 0) is 4.79 Å². The van der Waals surface area contributed by atoms with Gasteiger partial charge < -0.3 is 9.87 Å². The van der Waals surface area contributed by atoms with Gasteiger partial charge >= 0.3 is 0 Å². The van der Waals surface area contributed by atoms with Gasteiger partial charge in [-0.05, 0) is 25.9 Å². The van der Waals surface area contributed by atoms with E-state index in [0.29, 0.717) is 12.1 Å². The van der Waals surface area contributed by atoms with Gasteiger partial charge in [0.25, 0.3) is 0 Å². The minimum Gasteiger partial charge on any atom is -0.351 e. The van der Waals surface area contributed by atoms with Gasteiger partial charge in [-0.3, -0.25) is 4.79 Å². The minimum absolute atomic E-state index is 0.0262. The van der Waals surface area contributed by atoms with Crippen LogP contribution in [0.25, 0.3) is 0 Å². The van der Waals surface area contributed by atoms with Gasteiger partial charge in [0.15, 0.2) is 0 Å². The summed E-state index contributed by atoms with van der Waals surface area (Å²) in [5.74, 6) is -0.161. The van der Waals surface area contributed by atoms with Crippen LogP contribution in [0.15, 0.2) is 12.2 Å². The van der Waals surface area contributed by atoms with E-state index in [2.05, 4.69) is 11.9 Å². The lowest BCUT2D eigenvalue weighted by atomic mass is 10.3. The van der Waals surface area contributed by atoms with Crippen molar-refractivity contribution in [2.45, 2.75) is 19.1 Å². The predicted molar refractivity (Wildman–Crippen MR) is 47.5 cm³/mol. The van der Waals surface area contributed by atoms with E-state index in [1.165, 1.54) is 0 Å². The van der Waals surface area contributed by atoms with Gasteiger partial charge in [-0.1, -0.05) is 6.58 Å². The Morgan fingerprint density at radius 3 is 2.73 bits per heavy atom. The molecule has 0 radical (unpaired) electrons. The molecule has 0 spiro atoms. The van der Waals surface area contributed by atoms with Crippen LogP contribution < -0.4 is 5.32 Å². The third-order valence-corrected chi connectivity index (χ3v) is 1.64. The zero-order valence-electron chi connectivity index (χ0n) is 6.76. The summed E-state index contributed by atoms with van der Waals surface area (Å²) in [5.41, 5.74) is 0.486. The van der Waals surface area contributed by atoms with E-state index in [0.717, 1.165) is 12.0 Å². The number of carbonyl (C=O) groups is 1. The highest BCUT2D eigenvalue weighted by Crippen LogP contribution is 2.01. The summed E-state index contributed by atoms with van der Waals surface area (Å²) in [6.45, 7) is 7.41. The van der Waals surface area contributed by atoms with E-state index in [1.807, 2.05) is 6.92 Å². The van der Waals surface area contributed by atoms with Crippen molar-refractivity contribution in [1.29, 1.82) is 0 Å². The lowest BCUT2D eigenvalue weighted by molar-refractivity contribution is -0.117. The fraction of sp³-hybridized carbons (Fsp3) is 0.571. The van der Waals surface area contributed by atoms with Crippen molar-refractivity contribution in [3.8, 4) is 0 Å². The lowest BCUT2D eigenvalue weighted by Gasteiger charge is -2.07. The lowest BCUT2D eigenvalue weighted by Crippen LogP contribution is -2.29. The fourth-order valence-electron chi connectivity index (χ4n) is 0.425. The van der Waals surface area contributed by atoms with Crippen molar-refractivity contribution >= 4 is 17.9 Å². The Bertz CT molecular complexity index is 159. The van der Waals surface area contributed by atoms with E-state index in [9.17, 15) is 4.79 Å². The van der Waals surface area contributed by atoms with Crippen LogP contribution in [0.1, 0.15) is 13.8 Å². The van der Waals surface area contributed by atoms with Crippen LogP contribution in [-0.4, -0.2) is 22.3 Å². The molecule has 0 saturated heterocycles. The van der Waals surface area contributed by atoms with Gasteiger partial charge in [0.1, 0.15) is 0 Å². The van der Waals surface area contributed by atoms with Crippen molar-refractivity contribution in [3.63, 3.8) is 0 Å². The molecule has 2 N–H and O–H groups in total. The molecule has 0 aliphatic carbocycles. The van der Waals surface area contributed by atoms with E-state index in [1.54, 1.807) is 6.92 Å². The summed E-state index contributed by atoms with van der Waals surface area (Å²) in [4.78, 5) is 10.9. The normalized spacial score (nSPS) is 12.3. The maximum atomic E-state index is 10.9. The number of hydrogen-bond acceptors (Lipinski definition) is 3. The first-order valence-electron chi connectivity index (χ1n) is 3.32. The molecule has 0 bridgehead atoms. The molecule has 3 nitrogen and oxygen atoms in total. The average molecular weight is 175 g/mol. The molecule has 64 valence electrons. The summed E-state index contributed by atoms with van der Waals surface area (Å²) >= 11 is 0.734. The second-order valence-electron chi connectivity index (χ2n) is 2.41. The monoisotopic (exact) mass is 175 g/mol. The molecule has 1 atom stereocenters. The molecule has 0 heterocycles. The zero-order chi connectivity index (χ0) is 8.85. The minimum atomic E-state index is -0.161. The van der Waals surface area contributed by atoms with E-state index >= 15 is 0 Å². The molecule has 0 aromatic carbocycles. The first kappa shape index (κ1) is 10.5. The van der Waals surface area contributed by atoms with Gasteiger partial charge in [0, 0.05) is 17.4 Å². The van der Waals surface area contributed by atoms with Gasteiger partial charge in [-0.2, -0.15) is 0 Å². The molecule has 0 rings (SSSR count). The summed E-state index contributed by atoms with van der Waals surface area (Å²) < 4.78 is 8.53. The third kappa shape index (κ3) is 4.86. The van der Waals surface area contributed by atoms with Gasteiger partial charge in [0.2, 0.25) is 5.91 Å². The van der Waals surface area contributed by atoms with Crippen molar-refractivity contribution < 1.29 is 9.35 Å². The molecule has 0 aromatic heterocycles. The molecule has 0 fully saturated rings. The van der Waals surface area contributed by atoms with E-state index < -0.39 is 0 Å². The van der Waals surface area contributed by atoms with Crippen LogP contribution >= 0.6 is 12.0 Å². The van der Waals surface area contributed by atoms with Gasteiger partial charge in [-0.15, -0.1) is 0 Å². The first-order valence-corrected chi connectivity index (χ1v) is 4.15. The van der Waals surface area contributed by atoms with Gasteiger partial charge in [0.05, 0.1) is 0 Å². The zero-order valence-corrected chi connectivity index (χ0v) is 7.57. The molecule has 0 aromatic rings. The highest BCUT2D eigenvalue weighted by molar-refractivity contribution is 7.94. The Kier molecular flexibility index (Phi) is 4.98. The summed E-state index contributed by atoms with van der Waals surface area (Å²) in [5, 5.41) is 2.64. The first-order chi connectivity index (χ1) is 5.07. The fourth-order valence-corrected chi connectivity index (χ4v) is 0.582. The number of nitrogens with one attached hydrogen (secondary N) is 1. The molecule has 0 aliphatic rings. The number of rotatable bonds is 4. The van der Waals surface area contributed by atoms with E-state index in [-0.39, 0.29) is 11.2 Å². The molecular formula is C7H13NO2S. The number of hydrogen-bond donors (Lipinski definition) is 2. The second kappa shape index (κ2) is 5.21. The van der Waals surface area contributed by atoms with Crippen LogP contribution in [0.4, 0.5) is 0 Å². The van der Waals surface area contributed by atoms with Crippen molar-refractivity contribution in [1.82, 2.24) is 5.32 Å². The molecule has 11 heavy (non-hydrogen) atoms. The van der Waals surface area contributed by atoms with E-state index in [4.69, 9.17) is 4.55 Å². The maximum Gasteiger partial charge on any atom is 0.246 e. The Labute approximate surface area is 71.1 Å². The van der Waals surface area contributed by atoms with Crippen molar-refractivity contribution in [2.75, 3.05) is 6.54 Å². The van der Waals surface area contributed by atoms with Crippen LogP contribution in [0.2, 0.25) is 0 Å². The van der Waals surface area contributed by atoms with Gasteiger partial charge in [-0.25, -0.2) is 0 Å². The Hall–Kier alpha value is -0.480. The summed E-state index contributed by atoms with van der Waals surface area (Å²) in [7, 11) is 0. The smallest absolute Gasteiger partial charge is 0.246 e. The Balaban J connectivity index is 3.54. The van der Waals surface area contributed by atoms with Crippen molar-refractivity contribution in [3.05, 3.63) is 12.2 Å². The molecule has 0 aliphatic heterocycles. The van der Waals surface area contributed by atoms with Crippen molar-refractivity contribution in [2.24, 2.45) is 0 Å². The summed E-state index contributed by atoms with van der Waals surface area (Å²) in [6, 6.07) is 0. The topological polar surface area (TPSA) is 49.3 Å². The molecule has 0 saturated carbocycles. The molecule has 1 unspecified atom stereocenters. The molecule has 1 amide bonds. The Morgan fingerprint density at radius 2 is 2.36 bits per heavy atom. The molecule has 4 heteroatoms. The maximum absolute atomic E-state index is 10.9. The second-order valence-corrected chi connectivity index (χ2v) is 3.42. The highest BCUT2D eigenvalue weighted by Gasteiger charge is 2.04. The van der Waals surface area contributed by atoms with Crippen LogP contribution in [0, 0.1) is 0 Å². The predicted octanol–water partition coefficient (Wildman–Crippen LogP) is 1.27. The SMILES string of the molecule is C=C(C)C(=O)NCC(C)SO. The Morgan fingerprint density at radius 1 is 1.82 bits per heavy atom. The molecular weight excluding hydrogens is 162 g/mol. The summed E-state index contributed by atoms with van der Waals surface area (Å²) in [6.07, 6.45) is 0. The average Bonchev–Trinajstić information content (AvgIpc) is 1.99. The highest BCUT2D eigenvalue weighted by atomic mass is 32.2. The quantitative estimate of drug-likeness (QED) is 0.500.